The van der Waals surface area contributed by atoms with Crippen molar-refractivity contribution in [1.82, 2.24) is 20.8 Å². The molecule has 1 aliphatic rings. The van der Waals surface area contributed by atoms with Crippen LogP contribution in [0.5, 0.6) is 0 Å². The third-order valence-electron chi connectivity index (χ3n) is 4.09. The van der Waals surface area contributed by atoms with Gasteiger partial charge in [0, 0.05) is 17.8 Å². The van der Waals surface area contributed by atoms with Crippen LogP contribution in [0.25, 0.3) is 0 Å². The molecule has 1 aromatic heterocycles. The lowest BCUT2D eigenvalue weighted by molar-refractivity contribution is -0.137. The number of nitrogens with one attached hydrogen (secondary N) is 3. The SMILES string of the molecule is O=C(NCc1ccc(C(F)(F)F)cc1)NC1CCCc2[nH]ncc21. The number of aryl methyl sites for hydroxylation is 1. The van der Waals surface area contributed by atoms with E-state index < -0.39 is 11.7 Å². The van der Waals surface area contributed by atoms with E-state index in [2.05, 4.69) is 20.8 Å². The Morgan fingerprint density at radius 3 is 2.75 bits per heavy atom. The van der Waals surface area contributed by atoms with Gasteiger partial charge in [-0.05, 0) is 37.0 Å². The van der Waals surface area contributed by atoms with Gasteiger partial charge in [0.2, 0.25) is 0 Å². The van der Waals surface area contributed by atoms with Gasteiger partial charge in [0.1, 0.15) is 0 Å². The van der Waals surface area contributed by atoms with Gasteiger partial charge in [-0.25, -0.2) is 4.79 Å². The lowest BCUT2D eigenvalue weighted by Gasteiger charge is -2.23. The van der Waals surface area contributed by atoms with Gasteiger partial charge < -0.3 is 10.6 Å². The van der Waals surface area contributed by atoms with E-state index in [1.807, 2.05) is 0 Å². The first-order chi connectivity index (χ1) is 11.4. The Hall–Kier alpha value is -2.51. The summed E-state index contributed by atoms with van der Waals surface area (Å²) >= 11 is 0. The molecule has 0 fully saturated rings. The molecule has 1 aromatic carbocycles. The fourth-order valence-electron chi connectivity index (χ4n) is 2.81. The molecular formula is C16H17F3N4O. The van der Waals surface area contributed by atoms with Crippen molar-refractivity contribution in [2.75, 3.05) is 0 Å². The average molecular weight is 338 g/mol. The van der Waals surface area contributed by atoms with Gasteiger partial charge in [0.25, 0.3) is 0 Å². The van der Waals surface area contributed by atoms with E-state index in [0.29, 0.717) is 5.56 Å². The molecule has 0 radical (unpaired) electrons. The molecule has 3 rings (SSSR count). The molecule has 0 saturated heterocycles. The summed E-state index contributed by atoms with van der Waals surface area (Å²) in [6, 6.07) is 4.28. The molecule has 0 spiro atoms. The number of hydrogen-bond acceptors (Lipinski definition) is 2. The van der Waals surface area contributed by atoms with E-state index in [4.69, 9.17) is 0 Å². The lowest BCUT2D eigenvalue weighted by Crippen LogP contribution is -2.38. The number of halogens is 3. The third kappa shape index (κ3) is 3.69. The number of alkyl halides is 3. The molecular weight excluding hydrogens is 321 g/mol. The minimum atomic E-state index is -4.35. The maximum absolute atomic E-state index is 12.5. The standard InChI is InChI=1S/C16H17F3N4O/c17-16(18,19)11-6-4-10(5-7-11)8-20-15(24)22-13-2-1-3-14-12(13)9-21-23-14/h4-7,9,13H,1-3,8H2,(H,21,23)(H2,20,22,24). The summed E-state index contributed by atoms with van der Waals surface area (Å²) in [5, 5.41) is 12.5. The number of urea groups is 1. The molecule has 1 atom stereocenters. The highest BCUT2D eigenvalue weighted by molar-refractivity contribution is 5.74. The van der Waals surface area contributed by atoms with Gasteiger partial charge in [-0.3, -0.25) is 5.10 Å². The number of carbonyl (C=O) groups excluding carboxylic acids is 1. The second-order valence-corrected chi connectivity index (χ2v) is 5.77. The van der Waals surface area contributed by atoms with Crippen molar-refractivity contribution < 1.29 is 18.0 Å². The third-order valence-corrected chi connectivity index (χ3v) is 4.09. The van der Waals surface area contributed by atoms with Crippen molar-refractivity contribution in [3.8, 4) is 0 Å². The van der Waals surface area contributed by atoms with Crippen LogP contribution < -0.4 is 10.6 Å². The molecule has 5 nitrogen and oxygen atoms in total. The second kappa shape index (κ2) is 6.54. The van der Waals surface area contributed by atoms with E-state index in [1.54, 1.807) is 6.20 Å². The molecule has 1 unspecified atom stereocenters. The predicted octanol–water partition coefficient (Wildman–Crippen LogP) is 3.31. The number of H-pyrrole nitrogens is 1. The minimum Gasteiger partial charge on any atom is -0.334 e. The summed E-state index contributed by atoms with van der Waals surface area (Å²) in [7, 11) is 0. The predicted molar refractivity (Wildman–Crippen MR) is 81.1 cm³/mol. The molecule has 2 aromatic rings. The topological polar surface area (TPSA) is 69.8 Å². The number of nitrogens with zero attached hydrogens (tertiary/aromatic N) is 1. The molecule has 3 N–H and O–H groups in total. The van der Waals surface area contributed by atoms with E-state index in [9.17, 15) is 18.0 Å². The first-order valence-corrected chi connectivity index (χ1v) is 7.66. The van der Waals surface area contributed by atoms with Crippen LogP contribution in [-0.2, 0) is 19.1 Å². The van der Waals surface area contributed by atoms with Gasteiger partial charge in [0.05, 0.1) is 17.8 Å². The fraction of sp³-hybridized carbons (Fsp3) is 0.375. The molecule has 1 aliphatic carbocycles. The highest BCUT2D eigenvalue weighted by atomic mass is 19.4. The Kier molecular flexibility index (Phi) is 4.46. The first kappa shape index (κ1) is 16.4. The average Bonchev–Trinajstić information content (AvgIpc) is 3.02. The lowest BCUT2D eigenvalue weighted by atomic mass is 9.93. The normalized spacial score (nSPS) is 17.2. The molecule has 1 heterocycles. The quantitative estimate of drug-likeness (QED) is 0.804. The van der Waals surface area contributed by atoms with E-state index in [1.165, 1.54) is 12.1 Å². The molecule has 24 heavy (non-hydrogen) atoms. The summed E-state index contributed by atoms with van der Waals surface area (Å²) in [5.74, 6) is 0. The van der Waals surface area contributed by atoms with Crippen molar-refractivity contribution in [3.63, 3.8) is 0 Å². The first-order valence-electron chi connectivity index (χ1n) is 7.66. The van der Waals surface area contributed by atoms with Gasteiger partial charge in [-0.1, -0.05) is 12.1 Å². The molecule has 0 aliphatic heterocycles. The second-order valence-electron chi connectivity index (χ2n) is 5.77. The highest BCUT2D eigenvalue weighted by Gasteiger charge is 2.30. The van der Waals surface area contributed by atoms with Gasteiger partial charge in [0.15, 0.2) is 0 Å². The Bertz CT molecular complexity index is 709. The smallest absolute Gasteiger partial charge is 0.334 e. The zero-order valence-electron chi connectivity index (χ0n) is 12.8. The maximum atomic E-state index is 12.5. The maximum Gasteiger partial charge on any atom is 0.416 e. The van der Waals surface area contributed by atoms with Crippen molar-refractivity contribution in [2.24, 2.45) is 0 Å². The Balaban J connectivity index is 1.53. The zero-order valence-corrected chi connectivity index (χ0v) is 12.8. The Morgan fingerprint density at radius 1 is 1.29 bits per heavy atom. The fourth-order valence-corrected chi connectivity index (χ4v) is 2.81. The van der Waals surface area contributed by atoms with Gasteiger partial charge in [-0.15, -0.1) is 0 Å². The van der Waals surface area contributed by atoms with E-state index in [-0.39, 0.29) is 18.6 Å². The van der Waals surface area contributed by atoms with Crippen LogP contribution in [0.2, 0.25) is 0 Å². The van der Waals surface area contributed by atoms with Crippen LogP contribution in [0.15, 0.2) is 30.5 Å². The van der Waals surface area contributed by atoms with Crippen molar-refractivity contribution in [1.29, 1.82) is 0 Å². The van der Waals surface area contributed by atoms with Crippen LogP contribution in [0, 0.1) is 0 Å². The van der Waals surface area contributed by atoms with Crippen LogP contribution in [-0.4, -0.2) is 16.2 Å². The van der Waals surface area contributed by atoms with Gasteiger partial charge in [-0.2, -0.15) is 18.3 Å². The monoisotopic (exact) mass is 338 g/mol. The van der Waals surface area contributed by atoms with Crippen molar-refractivity contribution in [2.45, 2.75) is 38.0 Å². The zero-order chi connectivity index (χ0) is 17.2. The van der Waals surface area contributed by atoms with Crippen LogP contribution in [0.1, 0.15) is 41.3 Å². The van der Waals surface area contributed by atoms with Gasteiger partial charge >= 0.3 is 12.2 Å². The summed E-state index contributed by atoms with van der Waals surface area (Å²) in [4.78, 5) is 12.0. The van der Waals surface area contributed by atoms with Crippen LogP contribution in [0.4, 0.5) is 18.0 Å². The number of carbonyl (C=O) groups is 1. The minimum absolute atomic E-state index is 0.0971. The van der Waals surface area contributed by atoms with E-state index >= 15 is 0 Å². The Morgan fingerprint density at radius 2 is 2.04 bits per heavy atom. The molecule has 0 bridgehead atoms. The summed E-state index contributed by atoms with van der Waals surface area (Å²) < 4.78 is 37.5. The largest absolute Gasteiger partial charge is 0.416 e. The number of rotatable bonds is 3. The Labute approximate surface area is 136 Å². The molecule has 2 amide bonds. The number of hydrogen-bond donors (Lipinski definition) is 3. The number of aromatic amines is 1. The summed E-state index contributed by atoms with van der Waals surface area (Å²) in [6.45, 7) is 0.162. The summed E-state index contributed by atoms with van der Waals surface area (Å²) in [6.07, 6.45) is 0.0713. The number of amides is 2. The summed E-state index contributed by atoms with van der Waals surface area (Å²) in [5.41, 5.74) is 1.93. The molecule has 128 valence electrons. The van der Waals surface area contributed by atoms with Crippen LogP contribution in [0.3, 0.4) is 0 Å². The van der Waals surface area contributed by atoms with Crippen molar-refractivity contribution >= 4 is 6.03 Å². The number of benzene rings is 1. The van der Waals surface area contributed by atoms with Crippen molar-refractivity contribution in [3.05, 3.63) is 52.8 Å². The number of aromatic nitrogens is 2. The number of fused-ring (bicyclic) bond motifs is 1. The highest BCUT2D eigenvalue weighted by Crippen LogP contribution is 2.29. The van der Waals surface area contributed by atoms with E-state index in [0.717, 1.165) is 42.7 Å². The molecule has 0 saturated carbocycles. The van der Waals surface area contributed by atoms with Crippen LogP contribution >= 0.6 is 0 Å². The molecule has 8 heteroatoms.